The zero-order chi connectivity index (χ0) is 13.1. The predicted molar refractivity (Wildman–Crippen MR) is 62.7 cm³/mol. The Labute approximate surface area is 101 Å². The maximum absolute atomic E-state index is 13.0. The van der Waals surface area contributed by atoms with Crippen LogP contribution in [0, 0.1) is 11.7 Å². The monoisotopic (exact) mass is 261 g/mol. The molecular formula is C11H16FNO3S. The topological polar surface area (TPSA) is 69.4 Å². The van der Waals surface area contributed by atoms with E-state index in [2.05, 4.69) is 0 Å². The zero-order valence-corrected chi connectivity index (χ0v) is 10.6. The van der Waals surface area contributed by atoms with Crippen LogP contribution in [-0.2, 0) is 10.0 Å². The maximum atomic E-state index is 13.0. The fourth-order valence-corrected chi connectivity index (χ4v) is 1.91. The first-order valence-electron chi connectivity index (χ1n) is 5.26. The van der Waals surface area contributed by atoms with Crippen LogP contribution in [0.4, 0.5) is 4.39 Å². The van der Waals surface area contributed by atoms with Crippen LogP contribution in [0.15, 0.2) is 23.1 Å². The molecule has 0 atom stereocenters. The molecule has 0 aliphatic heterocycles. The second kappa shape index (κ2) is 5.46. The lowest BCUT2D eigenvalue weighted by atomic mass is 10.1. The largest absolute Gasteiger partial charge is 0.492 e. The third kappa shape index (κ3) is 4.32. The van der Waals surface area contributed by atoms with E-state index in [4.69, 9.17) is 9.88 Å². The number of rotatable bonds is 5. The maximum Gasteiger partial charge on any atom is 0.241 e. The molecule has 17 heavy (non-hydrogen) atoms. The Balaban J connectivity index is 2.92. The summed E-state index contributed by atoms with van der Waals surface area (Å²) in [5.41, 5.74) is 0. The summed E-state index contributed by atoms with van der Waals surface area (Å²) >= 11 is 0. The van der Waals surface area contributed by atoms with Crippen molar-refractivity contribution in [3.8, 4) is 5.75 Å². The highest BCUT2D eigenvalue weighted by molar-refractivity contribution is 7.89. The molecule has 0 bridgehead atoms. The lowest BCUT2D eigenvalue weighted by Crippen LogP contribution is -2.15. The van der Waals surface area contributed by atoms with Gasteiger partial charge in [-0.05, 0) is 30.5 Å². The smallest absolute Gasteiger partial charge is 0.241 e. The summed E-state index contributed by atoms with van der Waals surface area (Å²) in [6, 6.07) is 3.27. The second-order valence-corrected chi connectivity index (χ2v) is 5.70. The van der Waals surface area contributed by atoms with Gasteiger partial charge in [-0.1, -0.05) is 13.8 Å². The molecule has 0 saturated carbocycles. The van der Waals surface area contributed by atoms with Crippen molar-refractivity contribution in [2.75, 3.05) is 6.61 Å². The molecule has 4 nitrogen and oxygen atoms in total. The Morgan fingerprint density at radius 2 is 2.06 bits per heavy atom. The van der Waals surface area contributed by atoms with Gasteiger partial charge in [0.2, 0.25) is 10.0 Å². The van der Waals surface area contributed by atoms with E-state index in [0.29, 0.717) is 12.5 Å². The zero-order valence-electron chi connectivity index (χ0n) is 9.81. The Morgan fingerprint density at radius 3 is 2.59 bits per heavy atom. The van der Waals surface area contributed by atoms with E-state index in [1.165, 1.54) is 6.07 Å². The number of hydrogen-bond donors (Lipinski definition) is 1. The van der Waals surface area contributed by atoms with E-state index in [-0.39, 0.29) is 10.6 Å². The summed E-state index contributed by atoms with van der Waals surface area (Å²) in [4.78, 5) is -0.318. The number of primary sulfonamides is 1. The van der Waals surface area contributed by atoms with Gasteiger partial charge in [0.05, 0.1) is 6.61 Å². The Morgan fingerprint density at radius 1 is 1.41 bits per heavy atom. The fraction of sp³-hybridized carbons (Fsp3) is 0.455. The van der Waals surface area contributed by atoms with E-state index in [1.807, 2.05) is 13.8 Å². The first-order valence-corrected chi connectivity index (χ1v) is 6.80. The highest BCUT2D eigenvalue weighted by Crippen LogP contribution is 2.23. The van der Waals surface area contributed by atoms with Crippen molar-refractivity contribution >= 4 is 10.0 Å². The van der Waals surface area contributed by atoms with Gasteiger partial charge in [-0.3, -0.25) is 0 Å². The molecule has 0 amide bonds. The van der Waals surface area contributed by atoms with Gasteiger partial charge in [-0.15, -0.1) is 0 Å². The van der Waals surface area contributed by atoms with Crippen molar-refractivity contribution in [3.05, 3.63) is 24.0 Å². The second-order valence-electron chi connectivity index (χ2n) is 4.17. The van der Waals surface area contributed by atoms with Gasteiger partial charge < -0.3 is 4.74 Å². The number of hydrogen-bond acceptors (Lipinski definition) is 3. The van der Waals surface area contributed by atoms with Crippen molar-refractivity contribution < 1.29 is 17.5 Å². The fourth-order valence-electron chi connectivity index (χ4n) is 1.23. The van der Waals surface area contributed by atoms with Gasteiger partial charge in [0.1, 0.15) is 16.5 Å². The van der Waals surface area contributed by atoms with Crippen LogP contribution in [0.5, 0.6) is 5.75 Å². The van der Waals surface area contributed by atoms with Gasteiger partial charge in [0.15, 0.2) is 0 Å². The van der Waals surface area contributed by atoms with E-state index in [9.17, 15) is 12.8 Å². The number of ether oxygens (including phenoxy) is 1. The quantitative estimate of drug-likeness (QED) is 0.880. The average molecular weight is 261 g/mol. The van der Waals surface area contributed by atoms with Gasteiger partial charge >= 0.3 is 0 Å². The van der Waals surface area contributed by atoms with Crippen LogP contribution < -0.4 is 9.88 Å². The molecule has 0 radical (unpaired) electrons. The van der Waals surface area contributed by atoms with Crippen LogP contribution in [-0.4, -0.2) is 15.0 Å². The molecule has 96 valence electrons. The summed E-state index contributed by atoms with van der Waals surface area (Å²) in [7, 11) is -3.97. The minimum atomic E-state index is -3.97. The van der Waals surface area contributed by atoms with Crippen molar-refractivity contribution in [2.45, 2.75) is 25.2 Å². The molecule has 6 heteroatoms. The summed E-state index contributed by atoms with van der Waals surface area (Å²) in [5, 5.41) is 4.98. The van der Waals surface area contributed by atoms with Crippen LogP contribution in [0.25, 0.3) is 0 Å². The summed E-state index contributed by atoms with van der Waals surface area (Å²) in [6.07, 6.45) is 0.779. The van der Waals surface area contributed by atoms with E-state index in [0.717, 1.165) is 18.6 Å². The molecule has 1 aromatic rings. The molecule has 1 rings (SSSR count). The van der Waals surface area contributed by atoms with Crippen LogP contribution >= 0.6 is 0 Å². The van der Waals surface area contributed by atoms with Crippen LogP contribution in [0.2, 0.25) is 0 Å². The van der Waals surface area contributed by atoms with E-state index >= 15 is 0 Å². The number of sulfonamides is 1. The van der Waals surface area contributed by atoms with E-state index < -0.39 is 15.8 Å². The van der Waals surface area contributed by atoms with Crippen LogP contribution in [0.3, 0.4) is 0 Å². The van der Waals surface area contributed by atoms with Gasteiger partial charge in [-0.2, -0.15) is 0 Å². The first kappa shape index (κ1) is 13.9. The minimum absolute atomic E-state index is 0.0922. The number of halogens is 1. The highest BCUT2D eigenvalue weighted by Gasteiger charge is 2.16. The lowest BCUT2D eigenvalue weighted by molar-refractivity contribution is 0.282. The third-order valence-electron chi connectivity index (χ3n) is 2.17. The molecular weight excluding hydrogens is 245 g/mol. The first-order chi connectivity index (χ1) is 7.80. The predicted octanol–water partition coefficient (Wildman–Crippen LogP) is 1.90. The van der Waals surface area contributed by atoms with E-state index in [1.54, 1.807) is 0 Å². The van der Waals surface area contributed by atoms with Crippen molar-refractivity contribution in [2.24, 2.45) is 11.1 Å². The Hall–Kier alpha value is -1.14. The molecule has 0 saturated heterocycles. The molecule has 1 aromatic carbocycles. The summed E-state index contributed by atoms with van der Waals surface area (Å²) in [6.45, 7) is 4.41. The SMILES string of the molecule is CC(C)CCOc1ccc(F)cc1S(N)(=O)=O. The molecule has 2 N–H and O–H groups in total. The van der Waals surface area contributed by atoms with Crippen molar-refractivity contribution in [3.63, 3.8) is 0 Å². The molecule has 0 aromatic heterocycles. The average Bonchev–Trinajstić information content (AvgIpc) is 2.18. The Kier molecular flexibility index (Phi) is 4.47. The third-order valence-corrected chi connectivity index (χ3v) is 3.10. The summed E-state index contributed by atoms with van der Waals surface area (Å²) in [5.74, 6) is -0.131. The molecule has 0 aliphatic carbocycles. The van der Waals surface area contributed by atoms with Gasteiger partial charge in [-0.25, -0.2) is 17.9 Å². The van der Waals surface area contributed by atoms with Crippen LogP contribution in [0.1, 0.15) is 20.3 Å². The van der Waals surface area contributed by atoms with Gasteiger partial charge in [0.25, 0.3) is 0 Å². The highest BCUT2D eigenvalue weighted by atomic mass is 32.2. The van der Waals surface area contributed by atoms with Crippen molar-refractivity contribution in [1.29, 1.82) is 0 Å². The number of benzene rings is 1. The number of nitrogens with two attached hydrogens (primary N) is 1. The molecule has 0 fully saturated rings. The lowest BCUT2D eigenvalue weighted by Gasteiger charge is -2.11. The standard InChI is InChI=1S/C11H16FNO3S/c1-8(2)5-6-16-10-4-3-9(12)7-11(10)17(13,14)15/h3-4,7-8H,5-6H2,1-2H3,(H2,13,14,15). The molecule has 0 aliphatic rings. The minimum Gasteiger partial charge on any atom is -0.492 e. The normalized spacial score (nSPS) is 11.8. The van der Waals surface area contributed by atoms with Crippen molar-refractivity contribution in [1.82, 2.24) is 0 Å². The molecule has 0 spiro atoms. The summed E-state index contributed by atoms with van der Waals surface area (Å²) < 4.78 is 40.7. The molecule has 0 heterocycles. The Bertz CT molecular complexity index is 485. The molecule has 0 unspecified atom stereocenters. The van der Waals surface area contributed by atoms with Gasteiger partial charge in [0, 0.05) is 0 Å².